The van der Waals surface area contributed by atoms with Gasteiger partial charge in [0, 0.05) is 53.5 Å². The molecular weight excluding hydrogens is 503 g/mol. The fourth-order valence-corrected chi connectivity index (χ4v) is 6.54. The summed E-state index contributed by atoms with van der Waals surface area (Å²) in [6.07, 6.45) is 0. The van der Waals surface area contributed by atoms with Crippen LogP contribution in [-0.2, 0) is 10.0 Å². The van der Waals surface area contributed by atoms with Crippen LogP contribution in [0.1, 0.15) is 23.6 Å². The molecular formula is C16H29IN4O2S3. The third-order valence-electron chi connectivity index (χ3n) is 3.92. The van der Waals surface area contributed by atoms with E-state index in [1.807, 2.05) is 25.6 Å². The van der Waals surface area contributed by atoms with Crippen LogP contribution in [0.2, 0.25) is 0 Å². The van der Waals surface area contributed by atoms with Crippen LogP contribution in [0, 0.1) is 13.8 Å². The van der Waals surface area contributed by atoms with Crippen LogP contribution in [0.15, 0.2) is 16.0 Å². The minimum absolute atomic E-state index is 0. The zero-order valence-electron chi connectivity index (χ0n) is 16.0. The van der Waals surface area contributed by atoms with Gasteiger partial charge in [-0.25, -0.2) is 13.1 Å². The Kier molecular flexibility index (Phi) is 9.18. The number of thioether (sulfide) groups is 1. The number of guanidine groups is 1. The van der Waals surface area contributed by atoms with Crippen molar-refractivity contribution >= 4 is 63.1 Å². The number of halogens is 1. The van der Waals surface area contributed by atoms with Crippen molar-refractivity contribution < 1.29 is 8.42 Å². The predicted octanol–water partition coefficient (Wildman–Crippen LogP) is 2.66. The van der Waals surface area contributed by atoms with Gasteiger partial charge in [0.15, 0.2) is 5.96 Å². The van der Waals surface area contributed by atoms with Crippen molar-refractivity contribution in [2.45, 2.75) is 37.3 Å². The Balaban J connectivity index is 0.00000338. The molecule has 10 heteroatoms. The SMILES string of the molecule is CN=C(NCCNS(=O)(=O)c1cc(C)sc1C)N1CCSC(C)(C)C1.I. The first-order chi connectivity index (χ1) is 11.6. The Morgan fingerprint density at radius 3 is 2.58 bits per heavy atom. The lowest BCUT2D eigenvalue weighted by molar-refractivity contribution is 0.376. The van der Waals surface area contributed by atoms with E-state index in [1.165, 1.54) is 11.3 Å². The molecule has 1 aromatic heterocycles. The maximum absolute atomic E-state index is 12.4. The molecule has 0 atom stereocenters. The van der Waals surface area contributed by atoms with E-state index in [9.17, 15) is 8.42 Å². The number of nitrogens with one attached hydrogen (secondary N) is 2. The lowest BCUT2D eigenvalue weighted by Crippen LogP contribution is -2.51. The molecule has 1 fully saturated rings. The standard InChI is InChI=1S/C16H28N4O2S3.HI/c1-12-10-14(13(2)24-12)25(21,22)19-7-6-18-15(17-5)20-8-9-23-16(3,4)11-20;/h10,19H,6-9,11H2,1-5H3,(H,17,18);1H. The summed E-state index contributed by atoms with van der Waals surface area (Å²) in [5.41, 5.74) is 0. The van der Waals surface area contributed by atoms with Crippen LogP contribution in [0.3, 0.4) is 0 Å². The Bertz CT molecular complexity index is 732. The molecule has 1 aliphatic rings. The molecule has 0 amide bonds. The Morgan fingerprint density at radius 2 is 2.04 bits per heavy atom. The van der Waals surface area contributed by atoms with Gasteiger partial charge in [0.05, 0.1) is 4.90 Å². The van der Waals surface area contributed by atoms with Gasteiger partial charge in [0.25, 0.3) is 0 Å². The van der Waals surface area contributed by atoms with Crippen molar-refractivity contribution in [1.82, 2.24) is 14.9 Å². The number of rotatable bonds is 5. The summed E-state index contributed by atoms with van der Waals surface area (Å²) in [5, 5.41) is 3.26. The summed E-state index contributed by atoms with van der Waals surface area (Å²) in [6.45, 7) is 10.9. The zero-order valence-corrected chi connectivity index (χ0v) is 20.7. The van der Waals surface area contributed by atoms with Crippen LogP contribution in [-0.4, -0.2) is 63.0 Å². The quantitative estimate of drug-likeness (QED) is 0.264. The molecule has 0 aliphatic carbocycles. The fourth-order valence-electron chi connectivity index (χ4n) is 2.84. The number of nitrogens with zero attached hydrogens (tertiary/aromatic N) is 2. The highest BCUT2D eigenvalue weighted by molar-refractivity contribution is 14.0. The molecule has 0 saturated carbocycles. The summed E-state index contributed by atoms with van der Waals surface area (Å²) in [4.78, 5) is 8.77. The number of hydrogen-bond acceptors (Lipinski definition) is 5. The Labute approximate surface area is 182 Å². The van der Waals surface area contributed by atoms with Crippen molar-refractivity contribution in [3.05, 3.63) is 15.8 Å². The highest BCUT2D eigenvalue weighted by Crippen LogP contribution is 2.29. The molecule has 0 unspecified atom stereocenters. The number of thiophene rings is 1. The first-order valence-electron chi connectivity index (χ1n) is 8.31. The molecule has 26 heavy (non-hydrogen) atoms. The van der Waals surface area contributed by atoms with Gasteiger partial charge in [-0.15, -0.1) is 35.3 Å². The van der Waals surface area contributed by atoms with E-state index in [0.29, 0.717) is 18.0 Å². The van der Waals surface area contributed by atoms with Crippen LogP contribution in [0.25, 0.3) is 0 Å². The van der Waals surface area contributed by atoms with E-state index < -0.39 is 10.0 Å². The molecule has 1 saturated heterocycles. The third kappa shape index (κ3) is 6.54. The topological polar surface area (TPSA) is 73.8 Å². The monoisotopic (exact) mass is 532 g/mol. The largest absolute Gasteiger partial charge is 0.355 e. The second-order valence-corrected chi connectivity index (χ2v) is 11.7. The van der Waals surface area contributed by atoms with Gasteiger partial charge < -0.3 is 10.2 Å². The smallest absolute Gasteiger partial charge is 0.241 e. The summed E-state index contributed by atoms with van der Waals surface area (Å²) in [5.74, 6) is 1.90. The van der Waals surface area contributed by atoms with Crippen LogP contribution in [0.5, 0.6) is 0 Å². The van der Waals surface area contributed by atoms with E-state index >= 15 is 0 Å². The van der Waals surface area contributed by atoms with Crippen molar-refractivity contribution in [2.24, 2.45) is 4.99 Å². The van der Waals surface area contributed by atoms with Crippen molar-refractivity contribution in [3.8, 4) is 0 Å². The van der Waals surface area contributed by atoms with Gasteiger partial charge in [-0.2, -0.15) is 11.8 Å². The number of hydrogen-bond donors (Lipinski definition) is 2. The molecule has 0 spiro atoms. The number of aliphatic imine (C=N–C) groups is 1. The van der Waals surface area contributed by atoms with E-state index in [0.717, 1.165) is 34.6 Å². The molecule has 2 N–H and O–H groups in total. The summed E-state index contributed by atoms with van der Waals surface area (Å²) >= 11 is 3.47. The first-order valence-corrected chi connectivity index (χ1v) is 11.6. The highest BCUT2D eigenvalue weighted by Gasteiger charge is 2.28. The minimum Gasteiger partial charge on any atom is -0.355 e. The minimum atomic E-state index is -3.45. The average Bonchev–Trinajstić information content (AvgIpc) is 2.86. The molecule has 2 rings (SSSR count). The molecule has 2 heterocycles. The van der Waals surface area contributed by atoms with Crippen molar-refractivity contribution in [1.29, 1.82) is 0 Å². The second kappa shape index (κ2) is 9.94. The van der Waals surface area contributed by atoms with E-state index in [4.69, 9.17) is 0 Å². The second-order valence-electron chi connectivity index (χ2n) is 6.68. The van der Waals surface area contributed by atoms with Gasteiger partial charge in [0.2, 0.25) is 10.0 Å². The van der Waals surface area contributed by atoms with Gasteiger partial charge in [-0.1, -0.05) is 0 Å². The number of aryl methyl sites for hydroxylation is 2. The first kappa shape index (κ1) is 24.0. The maximum atomic E-state index is 12.4. The van der Waals surface area contributed by atoms with Crippen LogP contribution < -0.4 is 10.0 Å². The maximum Gasteiger partial charge on any atom is 0.241 e. The Morgan fingerprint density at radius 1 is 1.35 bits per heavy atom. The molecule has 1 aromatic rings. The van der Waals surface area contributed by atoms with Crippen LogP contribution in [0.4, 0.5) is 0 Å². The van der Waals surface area contributed by atoms with Gasteiger partial charge >= 0.3 is 0 Å². The lowest BCUT2D eigenvalue weighted by Gasteiger charge is -2.39. The van der Waals surface area contributed by atoms with E-state index in [2.05, 4.69) is 33.8 Å². The molecule has 6 nitrogen and oxygen atoms in total. The molecule has 0 aromatic carbocycles. The molecule has 0 radical (unpaired) electrons. The molecule has 150 valence electrons. The van der Waals surface area contributed by atoms with E-state index in [1.54, 1.807) is 13.1 Å². The van der Waals surface area contributed by atoms with Gasteiger partial charge in [0.1, 0.15) is 0 Å². The summed E-state index contributed by atoms with van der Waals surface area (Å²) < 4.78 is 27.7. The van der Waals surface area contributed by atoms with Crippen molar-refractivity contribution in [2.75, 3.05) is 39.0 Å². The van der Waals surface area contributed by atoms with Crippen LogP contribution >= 0.6 is 47.1 Å². The van der Waals surface area contributed by atoms with Gasteiger partial charge in [-0.05, 0) is 33.8 Å². The zero-order chi connectivity index (χ0) is 18.7. The number of sulfonamides is 1. The van der Waals surface area contributed by atoms with Gasteiger partial charge in [-0.3, -0.25) is 4.99 Å². The molecule has 1 aliphatic heterocycles. The average molecular weight is 533 g/mol. The lowest BCUT2D eigenvalue weighted by atomic mass is 10.2. The van der Waals surface area contributed by atoms with E-state index in [-0.39, 0.29) is 28.7 Å². The summed E-state index contributed by atoms with van der Waals surface area (Å²) in [6, 6.07) is 1.72. The molecule has 0 bridgehead atoms. The fraction of sp³-hybridized carbons (Fsp3) is 0.688. The highest BCUT2D eigenvalue weighted by atomic mass is 127. The third-order valence-corrected chi connectivity index (χ3v) is 7.90. The summed E-state index contributed by atoms with van der Waals surface area (Å²) in [7, 11) is -1.69. The predicted molar refractivity (Wildman–Crippen MR) is 124 cm³/mol. The Hall–Kier alpha value is -0.0400. The van der Waals surface area contributed by atoms with Crippen molar-refractivity contribution in [3.63, 3.8) is 0 Å². The normalized spacial score (nSPS) is 17.7.